The van der Waals surface area contributed by atoms with Gasteiger partial charge in [0.25, 0.3) is 0 Å². The number of carbonyl (C=O) groups is 1. The molecule has 1 unspecified atom stereocenters. The number of carboxylic acid groups (broad SMARTS) is 1. The number of aromatic nitrogens is 1. The Kier molecular flexibility index (Phi) is 4.79. The molecule has 0 radical (unpaired) electrons. The molecule has 4 N–H and O–H groups in total. The predicted octanol–water partition coefficient (Wildman–Crippen LogP) is 3.37. The fourth-order valence-electron chi connectivity index (χ4n) is 2.81. The van der Waals surface area contributed by atoms with Gasteiger partial charge in [0.05, 0.1) is 6.04 Å². The zero-order chi connectivity index (χ0) is 16.9. The average molecular weight is 325 g/mol. The fourth-order valence-corrected chi connectivity index (χ4v) is 2.81. The molecule has 0 saturated heterocycles. The van der Waals surface area contributed by atoms with E-state index in [0.29, 0.717) is 6.54 Å². The molecule has 0 saturated carbocycles. The summed E-state index contributed by atoms with van der Waals surface area (Å²) in [5, 5.41) is 24.0. The highest BCUT2D eigenvalue weighted by atomic mass is 16.5. The van der Waals surface area contributed by atoms with Crippen LogP contribution in [0.5, 0.6) is 0 Å². The van der Waals surface area contributed by atoms with Gasteiger partial charge in [-0.2, -0.15) is 5.06 Å². The Morgan fingerprint density at radius 1 is 1.12 bits per heavy atom. The zero-order valence-electron chi connectivity index (χ0n) is 13.0. The Morgan fingerprint density at radius 3 is 2.58 bits per heavy atom. The number of nitrogens with one attached hydrogen (secondary N) is 2. The Labute approximate surface area is 139 Å². The van der Waals surface area contributed by atoms with Crippen molar-refractivity contribution in [2.24, 2.45) is 0 Å². The summed E-state index contributed by atoms with van der Waals surface area (Å²) in [4.78, 5) is 14.1. The molecule has 0 aliphatic heterocycles. The van der Waals surface area contributed by atoms with Gasteiger partial charge in [-0.15, -0.1) is 0 Å². The number of hydroxylamine groups is 2. The first kappa shape index (κ1) is 16.0. The molecule has 1 atom stereocenters. The third kappa shape index (κ3) is 3.56. The first-order chi connectivity index (χ1) is 11.6. The molecular formula is C18H19N3O3. The highest BCUT2D eigenvalue weighted by Gasteiger charge is 2.23. The van der Waals surface area contributed by atoms with Gasteiger partial charge < -0.3 is 20.6 Å². The zero-order valence-corrected chi connectivity index (χ0v) is 13.0. The summed E-state index contributed by atoms with van der Waals surface area (Å²) in [6.07, 6.45) is 0.695. The quantitative estimate of drug-likeness (QED) is 0.523. The number of hydrogen-bond acceptors (Lipinski definition) is 3. The summed E-state index contributed by atoms with van der Waals surface area (Å²) in [5.74, 6) is 0. The predicted molar refractivity (Wildman–Crippen MR) is 90.8 cm³/mol. The van der Waals surface area contributed by atoms with Crippen molar-refractivity contribution in [1.82, 2.24) is 15.4 Å². The van der Waals surface area contributed by atoms with Crippen molar-refractivity contribution in [2.75, 3.05) is 6.54 Å². The van der Waals surface area contributed by atoms with Crippen molar-refractivity contribution >= 4 is 17.0 Å². The lowest BCUT2D eigenvalue weighted by molar-refractivity contribution is -0.135. The van der Waals surface area contributed by atoms with Crippen LogP contribution in [0.4, 0.5) is 4.79 Å². The number of benzene rings is 2. The van der Waals surface area contributed by atoms with E-state index in [1.807, 2.05) is 60.8 Å². The molecular weight excluding hydrogens is 306 g/mol. The number of para-hydroxylation sites is 1. The number of H-pyrrole nitrogens is 1. The molecule has 6 nitrogen and oxygen atoms in total. The third-order valence-electron chi connectivity index (χ3n) is 3.97. The minimum absolute atomic E-state index is 0.0838. The molecule has 0 bridgehead atoms. The van der Waals surface area contributed by atoms with Crippen molar-refractivity contribution in [3.8, 4) is 0 Å². The first-order valence-corrected chi connectivity index (χ1v) is 7.67. The second-order valence-corrected chi connectivity index (χ2v) is 5.57. The first-order valence-electron chi connectivity index (χ1n) is 7.67. The van der Waals surface area contributed by atoms with Crippen LogP contribution in [-0.2, 0) is 6.54 Å². The molecule has 0 aliphatic rings. The second kappa shape index (κ2) is 7.16. The van der Waals surface area contributed by atoms with Crippen molar-refractivity contribution in [3.63, 3.8) is 0 Å². The summed E-state index contributed by atoms with van der Waals surface area (Å²) < 4.78 is 0. The van der Waals surface area contributed by atoms with Crippen LogP contribution in [0.3, 0.4) is 0 Å². The Bertz CT molecular complexity index is 817. The maximum Gasteiger partial charge on any atom is 0.404 e. The summed E-state index contributed by atoms with van der Waals surface area (Å²) in [6, 6.07) is 16.8. The van der Waals surface area contributed by atoms with Gasteiger partial charge >= 0.3 is 6.09 Å². The summed E-state index contributed by atoms with van der Waals surface area (Å²) in [7, 11) is 0. The van der Waals surface area contributed by atoms with Gasteiger partial charge in [-0.05, 0) is 17.2 Å². The van der Waals surface area contributed by atoms with Gasteiger partial charge in [-0.1, -0.05) is 48.5 Å². The minimum atomic E-state index is -1.12. The maximum atomic E-state index is 10.9. The molecule has 3 rings (SSSR count). The normalized spacial score (nSPS) is 12.4. The van der Waals surface area contributed by atoms with Crippen LogP contribution in [0.2, 0.25) is 0 Å². The summed E-state index contributed by atoms with van der Waals surface area (Å²) in [5.41, 5.74) is 2.74. The van der Waals surface area contributed by atoms with E-state index in [1.54, 1.807) is 0 Å². The molecule has 0 fully saturated rings. The van der Waals surface area contributed by atoms with Crippen LogP contribution in [0, 0.1) is 0 Å². The molecule has 0 spiro atoms. The Hall–Kier alpha value is -2.83. The van der Waals surface area contributed by atoms with Crippen LogP contribution >= 0.6 is 0 Å². The highest BCUT2D eigenvalue weighted by molar-refractivity contribution is 5.83. The standard InChI is InChI=1S/C18H19N3O3/c22-18(23)20-11-17(21(24)12-13-6-2-1-3-7-13)15-10-19-16-9-5-4-8-14(15)16/h1-10,17,19-20,24H,11-12H2,(H,22,23). The van der Waals surface area contributed by atoms with Crippen LogP contribution in [0.15, 0.2) is 60.8 Å². The smallest absolute Gasteiger partial charge is 0.404 e. The topological polar surface area (TPSA) is 88.6 Å². The minimum Gasteiger partial charge on any atom is -0.465 e. The molecule has 3 aromatic rings. The van der Waals surface area contributed by atoms with Gasteiger partial charge in [-0.25, -0.2) is 4.79 Å². The summed E-state index contributed by atoms with van der Waals surface area (Å²) in [6.45, 7) is 0.382. The number of fused-ring (bicyclic) bond motifs is 1. The molecule has 1 amide bonds. The lowest BCUT2D eigenvalue weighted by Crippen LogP contribution is -2.35. The van der Waals surface area contributed by atoms with Gasteiger partial charge in [0, 0.05) is 30.2 Å². The Morgan fingerprint density at radius 2 is 1.83 bits per heavy atom. The van der Waals surface area contributed by atoms with Crippen LogP contribution < -0.4 is 5.32 Å². The Balaban J connectivity index is 1.89. The van der Waals surface area contributed by atoms with Gasteiger partial charge in [-0.3, -0.25) is 0 Å². The molecule has 2 aromatic carbocycles. The molecule has 1 aromatic heterocycles. The molecule has 0 aliphatic carbocycles. The van der Waals surface area contributed by atoms with Crippen molar-refractivity contribution in [2.45, 2.75) is 12.6 Å². The van der Waals surface area contributed by atoms with Crippen molar-refractivity contribution in [1.29, 1.82) is 0 Å². The van der Waals surface area contributed by atoms with E-state index in [9.17, 15) is 10.0 Å². The van der Waals surface area contributed by atoms with E-state index in [2.05, 4.69) is 10.3 Å². The number of nitrogens with zero attached hydrogens (tertiary/aromatic N) is 1. The van der Waals surface area contributed by atoms with E-state index in [-0.39, 0.29) is 6.54 Å². The largest absolute Gasteiger partial charge is 0.465 e. The SMILES string of the molecule is O=C(O)NCC(c1c[nH]c2ccccc12)N(O)Cc1ccccc1. The fraction of sp³-hybridized carbons (Fsp3) is 0.167. The van der Waals surface area contributed by atoms with E-state index < -0.39 is 12.1 Å². The number of aromatic amines is 1. The highest BCUT2D eigenvalue weighted by Crippen LogP contribution is 2.28. The molecule has 6 heteroatoms. The van der Waals surface area contributed by atoms with Gasteiger partial charge in [0.1, 0.15) is 0 Å². The number of hydrogen-bond donors (Lipinski definition) is 4. The number of rotatable bonds is 6. The summed E-state index contributed by atoms with van der Waals surface area (Å²) >= 11 is 0. The van der Waals surface area contributed by atoms with Crippen LogP contribution in [-0.4, -0.2) is 33.0 Å². The monoisotopic (exact) mass is 325 g/mol. The van der Waals surface area contributed by atoms with E-state index >= 15 is 0 Å². The van der Waals surface area contributed by atoms with Crippen LogP contribution in [0.1, 0.15) is 17.2 Å². The van der Waals surface area contributed by atoms with E-state index in [4.69, 9.17) is 5.11 Å². The molecule has 24 heavy (non-hydrogen) atoms. The van der Waals surface area contributed by atoms with E-state index in [1.165, 1.54) is 5.06 Å². The third-order valence-corrected chi connectivity index (χ3v) is 3.97. The average Bonchev–Trinajstić information content (AvgIpc) is 3.00. The van der Waals surface area contributed by atoms with Crippen molar-refractivity contribution in [3.05, 3.63) is 71.9 Å². The van der Waals surface area contributed by atoms with Gasteiger partial charge in [0.15, 0.2) is 0 Å². The van der Waals surface area contributed by atoms with E-state index in [0.717, 1.165) is 22.0 Å². The van der Waals surface area contributed by atoms with Gasteiger partial charge in [0.2, 0.25) is 0 Å². The van der Waals surface area contributed by atoms with Crippen molar-refractivity contribution < 1.29 is 15.1 Å². The van der Waals surface area contributed by atoms with Crippen LogP contribution in [0.25, 0.3) is 10.9 Å². The molecule has 124 valence electrons. The lowest BCUT2D eigenvalue weighted by atomic mass is 10.0. The number of amides is 1. The second-order valence-electron chi connectivity index (χ2n) is 5.57. The lowest BCUT2D eigenvalue weighted by Gasteiger charge is -2.26. The maximum absolute atomic E-state index is 10.9. The molecule has 1 heterocycles.